The molecule has 0 aliphatic heterocycles. The van der Waals surface area contributed by atoms with E-state index < -0.39 is 21.5 Å². The molecule has 0 unspecified atom stereocenters. The normalized spacial score (nSPS) is 11.2. The number of hydrogen-bond donors (Lipinski definition) is 1. The lowest BCUT2D eigenvalue weighted by atomic mass is 10.2. The van der Waals surface area contributed by atoms with Crippen LogP contribution < -0.4 is 5.32 Å². The molecule has 116 valence electrons. The van der Waals surface area contributed by atoms with Crippen LogP contribution in [0.25, 0.3) is 0 Å². The highest BCUT2D eigenvalue weighted by Crippen LogP contribution is 2.15. The molecule has 0 heterocycles. The Labute approximate surface area is 138 Å². The van der Waals surface area contributed by atoms with E-state index in [2.05, 4.69) is 21.2 Å². The van der Waals surface area contributed by atoms with Gasteiger partial charge in [0.15, 0.2) is 9.84 Å². The van der Waals surface area contributed by atoms with Gasteiger partial charge in [0.05, 0.1) is 5.75 Å². The molecule has 0 saturated heterocycles. The largest absolute Gasteiger partial charge is 0.325 e. The van der Waals surface area contributed by atoms with Gasteiger partial charge in [-0.05, 0) is 36.8 Å². The molecule has 2 aromatic carbocycles. The molecule has 0 fully saturated rings. The van der Waals surface area contributed by atoms with Crippen LogP contribution in [-0.4, -0.2) is 20.1 Å². The van der Waals surface area contributed by atoms with Crippen molar-refractivity contribution in [2.75, 3.05) is 11.1 Å². The van der Waals surface area contributed by atoms with E-state index in [-0.39, 0.29) is 5.75 Å². The quantitative estimate of drug-likeness (QED) is 0.863. The van der Waals surface area contributed by atoms with Crippen molar-refractivity contribution in [2.24, 2.45) is 0 Å². The molecule has 0 bridgehead atoms. The second-order valence-corrected chi connectivity index (χ2v) is 8.06. The molecule has 0 atom stereocenters. The van der Waals surface area contributed by atoms with E-state index >= 15 is 0 Å². The SMILES string of the molecule is Cc1ccc(NC(=O)CS(=O)(=O)Cc2cccc(Br)c2)cc1. The second-order valence-electron chi connectivity index (χ2n) is 5.08. The number of sulfone groups is 1. The Morgan fingerprint density at radius 2 is 1.82 bits per heavy atom. The minimum absolute atomic E-state index is 0.159. The van der Waals surface area contributed by atoms with E-state index in [4.69, 9.17) is 0 Å². The summed E-state index contributed by atoms with van der Waals surface area (Å²) in [6, 6.07) is 14.2. The van der Waals surface area contributed by atoms with E-state index in [1.165, 1.54) is 0 Å². The Kier molecular flexibility index (Phi) is 5.37. The summed E-state index contributed by atoms with van der Waals surface area (Å²) in [7, 11) is -3.51. The maximum atomic E-state index is 12.1. The first kappa shape index (κ1) is 16.7. The van der Waals surface area contributed by atoms with Crippen LogP contribution in [0.5, 0.6) is 0 Å². The first-order valence-electron chi connectivity index (χ1n) is 6.65. The smallest absolute Gasteiger partial charge is 0.239 e. The Hall–Kier alpha value is -1.66. The Bertz CT molecular complexity index is 770. The number of aryl methyl sites for hydroxylation is 1. The molecule has 22 heavy (non-hydrogen) atoms. The highest BCUT2D eigenvalue weighted by molar-refractivity contribution is 9.10. The van der Waals surface area contributed by atoms with Crippen LogP contribution in [0.1, 0.15) is 11.1 Å². The minimum atomic E-state index is -3.51. The van der Waals surface area contributed by atoms with Crippen molar-refractivity contribution in [3.8, 4) is 0 Å². The van der Waals surface area contributed by atoms with Crippen molar-refractivity contribution in [2.45, 2.75) is 12.7 Å². The van der Waals surface area contributed by atoms with E-state index in [1.54, 1.807) is 30.3 Å². The predicted molar refractivity (Wildman–Crippen MR) is 91.4 cm³/mol. The number of nitrogens with one attached hydrogen (secondary N) is 1. The van der Waals surface area contributed by atoms with Gasteiger partial charge >= 0.3 is 0 Å². The summed E-state index contributed by atoms with van der Waals surface area (Å²) >= 11 is 3.30. The molecule has 1 N–H and O–H groups in total. The molecule has 0 aliphatic rings. The van der Waals surface area contributed by atoms with Gasteiger partial charge in [-0.1, -0.05) is 45.8 Å². The van der Waals surface area contributed by atoms with Gasteiger partial charge in [-0.25, -0.2) is 8.42 Å². The molecular weight excluding hydrogens is 366 g/mol. The van der Waals surface area contributed by atoms with Crippen molar-refractivity contribution in [3.05, 3.63) is 64.1 Å². The van der Waals surface area contributed by atoms with Crippen LogP contribution in [0.15, 0.2) is 53.0 Å². The standard InChI is InChI=1S/C16H16BrNO3S/c1-12-5-7-15(8-6-12)18-16(19)11-22(20,21)10-13-3-2-4-14(17)9-13/h2-9H,10-11H2,1H3,(H,18,19). The predicted octanol–water partition coefficient (Wildman–Crippen LogP) is 3.31. The number of hydrogen-bond acceptors (Lipinski definition) is 3. The molecule has 1 amide bonds. The van der Waals surface area contributed by atoms with Crippen LogP contribution >= 0.6 is 15.9 Å². The van der Waals surface area contributed by atoms with E-state index in [9.17, 15) is 13.2 Å². The minimum Gasteiger partial charge on any atom is -0.325 e. The first-order chi connectivity index (χ1) is 10.3. The Balaban J connectivity index is 1.99. The van der Waals surface area contributed by atoms with Crippen molar-refractivity contribution in [1.82, 2.24) is 0 Å². The van der Waals surface area contributed by atoms with Gasteiger partial charge in [-0.3, -0.25) is 4.79 Å². The lowest BCUT2D eigenvalue weighted by Gasteiger charge is -2.07. The lowest BCUT2D eigenvalue weighted by Crippen LogP contribution is -2.23. The van der Waals surface area contributed by atoms with Gasteiger partial charge < -0.3 is 5.32 Å². The molecule has 2 rings (SSSR count). The second kappa shape index (κ2) is 7.07. The van der Waals surface area contributed by atoms with Crippen molar-refractivity contribution in [1.29, 1.82) is 0 Å². The van der Waals surface area contributed by atoms with E-state index in [0.29, 0.717) is 11.3 Å². The summed E-state index contributed by atoms with van der Waals surface area (Å²) < 4.78 is 25.0. The fourth-order valence-electron chi connectivity index (χ4n) is 1.97. The number of halogens is 1. The average molecular weight is 382 g/mol. The Morgan fingerprint density at radius 1 is 1.14 bits per heavy atom. The van der Waals surface area contributed by atoms with Crippen LogP contribution in [0.4, 0.5) is 5.69 Å². The number of rotatable bonds is 5. The maximum absolute atomic E-state index is 12.1. The van der Waals surface area contributed by atoms with Gasteiger partial charge in [0.1, 0.15) is 5.75 Å². The van der Waals surface area contributed by atoms with Crippen LogP contribution in [0.2, 0.25) is 0 Å². The summed E-state index contributed by atoms with van der Waals surface area (Å²) in [5.74, 6) is -1.22. The topological polar surface area (TPSA) is 63.2 Å². The highest BCUT2D eigenvalue weighted by Gasteiger charge is 2.17. The van der Waals surface area contributed by atoms with Gasteiger partial charge in [-0.15, -0.1) is 0 Å². The van der Waals surface area contributed by atoms with Crippen molar-refractivity contribution in [3.63, 3.8) is 0 Å². The summed E-state index contributed by atoms with van der Waals surface area (Å²) in [5, 5.41) is 2.60. The Morgan fingerprint density at radius 3 is 2.45 bits per heavy atom. The molecule has 0 aromatic heterocycles. The molecule has 0 radical (unpaired) electrons. The number of carbonyl (C=O) groups is 1. The average Bonchev–Trinajstić information content (AvgIpc) is 2.40. The monoisotopic (exact) mass is 381 g/mol. The molecule has 0 aliphatic carbocycles. The lowest BCUT2D eigenvalue weighted by molar-refractivity contribution is -0.113. The van der Waals surface area contributed by atoms with E-state index in [1.807, 2.05) is 25.1 Å². The summed E-state index contributed by atoms with van der Waals surface area (Å²) in [6.45, 7) is 1.94. The van der Waals surface area contributed by atoms with Crippen molar-refractivity contribution < 1.29 is 13.2 Å². The molecule has 6 heteroatoms. The zero-order valence-electron chi connectivity index (χ0n) is 12.0. The van der Waals surface area contributed by atoms with Crippen LogP contribution in [-0.2, 0) is 20.4 Å². The first-order valence-corrected chi connectivity index (χ1v) is 9.27. The van der Waals surface area contributed by atoms with Gasteiger partial charge in [0.25, 0.3) is 0 Å². The van der Waals surface area contributed by atoms with Gasteiger partial charge in [-0.2, -0.15) is 0 Å². The highest BCUT2D eigenvalue weighted by atomic mass is 79.9. The van der Waals surface area contributed by atoms with Gasteiger partial charge in [0.2, 0.25) is 5.91 Å². The zero-order chi connectivity index (χ0) is 16.2. The van der Waals surface area contributed by atoms with Gasteiger partial charge in [0, 0.05) is 10.2 Å². The van der Waals surface area contributed by atoms with Crippen LogP contribution in [0, 0.1) is 6.92 Å². The molecule has 0 spiro atoms. The molecule has 2 aromatic rings. The maximum Gasteiger partial charge on any atom is 0.239 e. The van der Waals surface area contributed by atoms with Crippen LogP contribution in [0.3, 0.4) is 0 Å². The molecule has 0 saturated carbocycles. The fraction of sp³-hybridized carbons (Fsp3) is 0.188. The summed E-state index contributed by atoms with van der Waals surface area (Å²) in [6.07, 6.45) is 0. The number of amides is 1. The van der Waals surface area contributed by atoms with E-state index in [0.717, 1.165) is 10.0 Å². The molecular formula is C16H16BrNO3S. The third-order valence-corrected chi connectivity index (χ3v) is 4.93. The van der Waals surface area contributed by atoms with Crippen molar-refractivity contribution >= 4 is 37.4 Å². The summed E-state index contributed by atoms with van der Waals surface area (Å²) in [5.41, 5.74) is 2.31. The number of anilines is 1. The third kappa shape index (κ3) is 5.27. The summed E-state index contributed by atoms with van der Waals surface area (Å²) in [4.78, 5) is 11.9. The number of benzene rings is 2. The molecule has 4 nitrogen and oxygen atoms in total. The fourth-order valence-corrected chi connectivity index (χ4v) is 3.67. The zero-order valence-corrected chi connectivity index (χ0v) is 14.4. The number of carbonyl (C=O) groups excluding carboxylic acids is 1. The third-order valence-electron chi connectivity index (χ3n) is 2.96.